The summed E-state index contributed by atoms with van der Waals surface area (Å²) < 4.78 is 41.8. The number of carbonyl (C=O) groups excluding carboxylic acids is 2. The molecule has 0 aliphatic carbocycles. The van der Waals surface area contributed by atoms with Crippen molar-refractivity contribution in [1.29, 1.82) is 0 Å². The third-order valence-electron chi connectivity index (χ3n) is 8.31. The molecule has 270 valence electrons. The summed E-state index contributed by atoms with van der Waals surface area (Å²) in [6, 6.07) is 4.21. The van der Waals surface area contributed by atoms with Gasteiger partial charge in [0.1, 0.15) is 17.5 Å². The number of hydroxylamine groups is 2. The van der Waals surface area contributed by atoms with E-state index in [1.54, 1.807) is 12.3 Å². The Morgan fingerprint density at radius 2 is 2.10 bits per heavy atom. The number of ether oxygens (including phenoxy) is 1. The van der Waals surface area contributed by atoms with E-state index in [1.807, 2.05) is 12.1 Å². The van der Waals surface area contributed by atoms with Gasteiger partial charge in [-0.3, -0.25) is 14.1 Å². The Labute approximate surface area is 290 Å². The van der Waals surface area contributed by atoms with Crippen LogP contribution in [-0.4, -0.2) is 100 Å². The SMILES string of the molecule is CC(O/N=C(\C(=O)NC1C(=O)N(OS(=O)(=O)O)C1(C)C)c1csc(N)n1)(C(=O)O)C1CCc2cc(C3=CN=C(NCCCN)NC3)ccc2O1. The van der Waals surface area contributed by atoms with Gasteiger partial charge in [0.25, 0.3) is 17.4 Å². The Bertz CT molecular complexity index is 1880. The van der Waals surface area contributed by atoms with E-state index in [0.717, 1.165) is 34.5 Å². The molecule has 0 bridgehead atoms. The number of hydrogen-bond donors (Lipinski definition) is 7. The van der Waals surface area contributed by atoms with Gasteiger partial charge in [0, 0.05) is 24.7 Å². The van der Waals surface area contributed by atoms with Crippen molar-refractivity contribution in [3.8, 4) is 5.75 Å². The summed E-state index contributed by atoms with van der Waals surface area (Å²) >= 11 is 0.968. The number of aliphatic imine (C=N–C) groups is 1. The highest BCUT2D eigenvalue weighted by atomic mass is 32.3. The zero-order valence-corrected chi connectivity index (χ0v) is 28.8. The molecular formula is C29H37N9O10S2. The van der Waals surface area contributed by atoms with Gasteiger partial charge in [0.15, 0.2) is 22.9 Å². The van der Waals surface area contributed by atoms with Gasteiger partial charge in [-0.25, -0.2) is 14.8 Å². The van der Waals surface area contributed by atoms with Crippen molar-refractivity contribution >= 4 is 61.9 Å². The first kappa shape index (κ1) is 36.5. The molecule has 2 amide bonds. The number of nitrogens with one attached hydrogen (secondary N) is 3. The van der Waals surface area contributed by atoms with Crippen molar-refractivity contribution in [2.24, 2.45) is 15.9 Å². The van der Waals surface area contributed by atoms with E-state index in [1.165, 1.54) is 26.2 Å². The summed E-state index contributed by atoms with van der Waals surface area (Å²) in [5.74, 6) is -2.31. The number of amides is 2. The first-order valence-electron chi connectivity index (χ1n) is 15.3. The number of aromatic nitrogens is 1. The summed E-state index contributed by atoms with van der Waals surface area (Å²) in [6.45, 7) is 5.83. The second-order valence-electron chi connectivity index (χ2n) is 12.2. The number of aryl methyl sites for hydroxylation is 1. The van der Waals surface area contributed by atoms with Gasteiger partial charge in [-0.15, -0.1) is 15.6 Å². The van der Waals surface area contributed by atoms with E-state index in [2.05, 4.69) is 35.4 Å². The largest absolute Gasteiger partial charge is 0.485 e. The van der Waals surface area contributed by atoms with E-state index in [0.29, 0.717) is 42.8 Å². The summed E-state index contributed by atoms with van der Waals surface area (Å²) in [6.07, 6.45) is 2.21. The molecule has 0 spiro atoms. The molecule has 5 rings (SSSR count). The topological polar surface area (TPSA) is 282 Å². The number of guanidine groups is 1. The van der Waals surface area contributed by atoms with Crippen LogP contribution in [0.1, 0.15) is 50.4 Å². The third kappa shape index (κ3) is 7.65. The Hall–Kier alpha value is -4.83. The lowest BCUT2D eigenvalue weighted by Crippen LogP contribution is -2.76. The normalized spacial score (nSPS) is 21.3. The van der Waals surface area contributed by atoms with Gasteiger partial charge in [0.05, 0.1) is 5.54 Å². The van der Waals surface area contributed by atoms with Crippen LogP contribution >= 0.6 is 11.3 Å². The molecular weight excluding hydrogens is 699 g/mol. The first-order valence-corrected chi connectivity index (χ1v) is 17.6. The Kier molecular flexibility index (Phi) is 10.3. The molecule has 3 aliphatic rings. The van der Waals surface area contributed by atoms with Crippen molar-refractivity contribution in [2.75, 3.05) is 25.4 Å². The fourth-order valence-electron chi connectivity index (χ4n) is 5.38. The molecule has 1 saturated heterocycles. The summed E-state index contributed by atoms with van der Waals surface area (Å²) in [7, 11) is -5.03. The van der Waals surface area contributed by atoms with Crippen molar-refractivity contribution in [3.05, 3.63) is 46.6 Å². The van der Waals surface area contributed by atoms with Crippen LogP contribution in [0.3, 0.4) is 0 Å². The highest BCUT2D eigenvalue weighted by molar-refractivity contribution is 7.80. The number of rotatable bonds is 13. The number of anilines is 1. The molecule has 50 heavy (non-hydrogen) atoms. The van der Waals surface area contributed by atoms with Crippen molar-refractivity contribution in [2.45, 2.75) is 63.3 Å². The van der Waals surface area contributed by atoms with E-state index in [4.69, 9.17) is 25.6 Å². The number of carboxylic acids is 1. The average molecular weight is 736 g/mol. The van der Waals surface area contributed by atoms with Crippen LogP contribution in [0.25, 0.3) is 5.57 Å². The Morgan fingerprint density at radius 1 is 1.34 bits per heavy atom. The van der Waals surface area contributed by atoms with Crippen molar-refractivity contribution in [3.63, 3.8) is 0 Å². The number of nitrogens with zero attached hydrogens (tertiary/aromatic N) is 4. The lowest BCUT2D eigenvalue weighted by Gasteiger charge is -2.50. The number of oxime groups is 1. The predicted molar refractivity (Wildman–Crippen MR) is 180 cm³/mol. The monoisotopic (exact) mass is 735 g/mol. The molecule has 2 aromatic rings. The second-order valence-corrected chi connectivity index (χ2v) is 14.1. The minimum absolute atomic E-state index is 0.0621. The average Bonchev–Trinajstić information content (AvgIpc) is 3.50. The molecule has 19 nitrogen and oxygen atoms in total. The maximum absolute atomic E-state index is 13.5. The van der Waals surface area contributed by atoms with Gasteiger partial charge in [-0.1, -0.05) is 11.2 Å². The van der Waals surface area contributed by atoms with Crippen molar-refractivity contribution < 1.29 is 46.3 Å². The summed E-state index contributed by atoms with van der Waals surface area (Å²) in [4.78, 5) is 52.8. The fraction of sp³-hybridized carbons (Fsp3) is 0.448. The highest BCUT2D eigenvalue weighted by Crippen LogP contribution is 2.36. The molecule has 1 aromatic heterocycles. The van der Waals surface area contributed by atoms with Gasteiger partial charge in [0.2, 0.25) is 0 Å². The van der Waals surface area contributed by atoms with Crippen LogP contribution in [0.5, 0.6) is 5.75 Å². The number of hydrogen-bond acceptors (Lipinski definition) is 16. The van der Waals surface area contributed by atoms with E-state index in [-0.39, 0.29) is 17.2 Å². The Morgan fingerprint density at radius 3 is 2.70 bits per heavy atom. The number of carbonyl (C=O) groups is 3. The molecule has 0 saturated carbocycles. The zero-order chi connectivity index (χ0) is 36.4. The maximum Gasteiger partial charge on any atom is 0.418 e. The number of nitrogens with two attached hydrogens (primary N) is 2. The fourth-order valence-corrected chi connectivity index (χ4v) is 6.38. The number of thiazole rings is 1. The van der Waals surface area contributed by atoms with Crippen LogP contribution < -0.4 is 32.2 Å². The number of benzene rings is 1. The number of β-lactam (4-membered cyclic amide) rings is 1. The molecule has 21 heteroatoms. The van der Waals surface area contributed by atoms with Gasteiger partial charge in [-0.05, 0) is 75.4 Å². The summed E-state index contributed by atoms with van der Waals surface area (Å²) in [5, 5.41) is 24.9. The van der Waals surface area contributed by atoms with Crippen LogP contribution in [-0.2, 0) is 40.3 Å². The number of carboxylic acid groups (broad SMARTS) is 1. The molecule has 3 atom stereocenters. The third-order valence-corrected chi connectivity index (χ3v) is 9.32. The standard InChI is InChI=1S/C29H37N9O10S2/c1-28(2)22(24(40)38(28)48-50(43,44)45)36-23(39)21(18-14-49-26(31)35-18)37-47-29(3,25(41)42)20-8-6-16-11-15(5-7-19(16)46-20)17-12-33-27(34-13-17)32-10-4-9-30/h5,7,11-12,14,20,22H,4,6,8-10,13,30H2,1-3H3,(H2,31,35)(H,36,39)(H,41,42)(H2,32,33,34)(H,43,44,45)/b37-21-. The van der Waals surface area contributed by atoms with E-state index >= 15 is 0 Å². The quantitative estimate of drug-likeness (QED) is 0.0460. The lowest BCUT2D eigenvalue weighted by atomic mass is 9.84. The van der Waals surface area contributed by atoms with E-state index < -0.39 is 57.2 Å². The van der Waals surface area contributed by atoms with Crippen LogP contribution in [0.2, 0.25) is 0 Å². The minimum Gasteiger partial charge on any atom is -0.485 e. The number of fused-ring (bicyclic) bond motifs is 1. The predicted octanol–water partition coefficient (Wildman–Crippen LogP) is -0.238. The molecule has 0 radical (unpaired) electrons. The molecule has 1 aromatic carbocycles. The number of aliphatic carboxylic acids is 1. The van der Waals surface area contributed by atoms with Crippen molar-refractivity contribution in [1.82, 2.24) is 26.0 Å². The second kappa shape index (κ2) is 14.2. The molecule has 1 fully saturated rings. The molecule has 4 heterocycles. The van der Waals surface area contributed by atoms with Gasteiger partial charge in [-0.2, -0.15) is 13.5 Å². The molecule has 3 unspecified atom stereocenters. The van der Waals surface area contributed by atoms with Gasteiger partial charge >= 0.3 is 16.4 Å². The highest BCUT2D eigenvalue weighted by Gasteiger charge is 2.58. The Balaban J connectivity index is 1.33. The van der Waals surface area contributed by atoms with Crippen LogP contribution in [0.15, 0.2) is 39.9 Å². The zero-order valence-electron chi connectivity index (χ0n) is 27.2. The number of nitrogen functional groups attached to an aromatic ring is 1. The van der Waals surface area contributed by atoms with Crippen LogP contribution in [0.4, 0.5) is 5.13 Å². The van der Waals surface area contributed by atoms with Crippen LogP contribution in [0, 0.1) is 0 Å². The lowest BCUT2D eigenvalue weighted by molar-refractivity contribution is -0.218. The minimum atomic E-state index is -5.03. The first-order chi connectivity index (χ1) is 23.5. The summed E-state index contributed by atoms with van der Waals surface area (Å²) in [5.41, 5.74) is 9.89. The molecule has 3 aliphatic heterocycles. The van der Waals surface area contributed by atoms with E-state index in [9.17, 15) is 27.9 Å². The maximum atomic E-state index is 13.5. The molecule has 9 N–H and O–H groups in total. The smallest absolute Gasteiger partial charge is 0.418 e. The van der Waals surface area contributed by atoms with Gasteiger partial charge < -0.3 is 42.1 Å².